The summed E-state index contributed by atoms with van der Waals surface area (Å²) < 4.78 is 18.1. The predicted octanol–water partition coefficient (Wildman–Crippen LogP) is 1.66. The first kappa shape index (κ1) is 8.51. The summed E-state index contributed by atoms with van der Waals surface area (Å²) in [7, 11) is 0. The van der Waals surface area contributed by atoms with Crippen LogP contribution >= 0.6 is 0 Å². The zero-order valence-electron chi connectivity index (χ0n) is 7.37. The average Bonchev–Trinajstić information content (AvgIpc) is 2.19. The summed E-state index contributed by atoms with van der Waals surface area (Å²) >= 11 is 0. The van der Waals surface area contributed by atoms with Crippen molar-refractivity contribution in [3.63, 3.8) is 0 Å². The molecule has 1 fully saturated rings. The van der Waals surface area contributed by atoms with E-state index in [2.05, 4.69) is 4.90 Å². The number of hydrogen-bond acceptors (Lipinski definition) is 2. The zero-order chi connectivity index (χ0) is 9.10. The monoisotopic (exact) mass is 181 g/mol. The molecule has 0 bridgehead atoms. The smallest absolute Gasteiger partial charge is 0.125 e. The van der Waals surface area contributed by atoms with Crippen molar-refractivity contribution in [2.75, 3.05) is 31.2 Å². The Bertz CT molecular complexity index is 284. The van der Waals surface area contributed by atoms with Crippen LogP contribution in [0, 0.1) is 5.82 Å². The number of hydrogen-bond donors (Lipinski definition) is 0. The number of halogens is 1. The molecule has 0 unspecified atom stereocenters. The number of nitrogens with zero attached hydrogens (tertiary/aromatic N) is 1. The SMILES string of the molecule is Fc1cccc(N2CCOCC2)c1. The minimum absolute atomic E-state index is 0.177. The van der Waals surface area contributed by atoms with Crippen LogP contribution in [0.2, 0.25) is 0 Å². The molecule has 1 aliphatic heterocycles. The summed E-state index contributed by atoms with van der Waals surface area (Å²) in [5.74, 6) is -0.177. The highest BCUT2D eigenvalue weighted by Crippen LogP contribution is 2.16. The van der Waals surface area contributed by atoms with Gasteiger partial charge in [-0.15, -0.1) is 0 Å². The molecule has 0 amide bonds. The molecule has 2 nitrogen and oxygen atoms in total. The van der Waals surface area contributed by atoms with Crippen LogP contribution < -0.4 is 4.90 Å². The van der Waals surface area contributed by atoms with Crippen molar-refractivity contribution < 1.29 is 9.13 Å². The molecule has 13 heavy (non-hydrogen) atoms. The lowest BCUT2D eigenvalue weighted by molar-refractivity contribution is 0.122. The van der Waals surface area contributed by atoms with Gasteiger partial charge >= 0.3 is 0 Å². The second-order valence-corrected chi connectivity index (χ2v) is 3.08. The second kappa shape index (κ2) is 3.75. The Morgan fingerprint density at radius 2 is 2.00 bits per heavy atom. The van der Waals surface area contributed by atoms with Crippen LogP contribution in [-0.4, -0.2) is 26.3 Å². The molecule has 0 aromatic heterocycles. The van der Waals surface area contributed by atoms with Crippen molar-refractivity contribution in [3.05, 3.63) is 30.1 Å². The van der Waals surface area contributed by atoms with Crippen LogP contribution in [0.15, 0.2) is 24.3 Å². The molecule has 0 N–H and O–H groups in total. The fraction of sp³-hybridized carbons (Fsp3) is 0.400. The normalized spacial score (nSPS) is 17.5. The summed E-state index contributed by atoms with van der Waals surface area (Å²) in [6.45, 7) is 3.17. The van der Waals surface area contributed by atoms with Crippen LogP contribution in [0.4, 0.5) is 10.1 Å². The van der Waals surface area contributed by atoms with Gasteiger partial charge in [0.1, 0.15) is 5.82 Å². The largest absolute Gasteiger partial charge is 0.378 e. The first-order chi connectivity index (χ1) is 6.36. The van der Waals surface area contributed by atoms with Crippen LogP contribution in [-0.2, 0) is 4.74 Å². The second-order valence-electron chi connectivity index (χ2n) is 3.08. The van der Waals surface area contributed by atoms with Crippen LogP contribution in [0.25, 0.3) is 0 Å². The predicted molar refractivity (Wildman–Crippen MR) is 49.4 cm³/mol. The van der Waals surface area contributed by atoms with Gasteiger partial charge in [0, 0.05) is 18.8 Å². The molecule has 1 heterocycles. The molecule has 0 spiro atoms. The third kappa shape index (κ3) is 1.98. The van der Waals surface area contributed by atoms with Crippen molar-refractivity contribution in [1.82, 2.24) is 0 Å². The number of morpholine rings is 1. The van der Waals surface area contributed by atoms with E-state index in [1.165, 1.54) is 6.07 Å². The molecular weight excluding hydrogens is 169 g/mol. The standard InChI is InChI=1S/C10H12FNO/c11-9-2-1-3-10(8-9)12-4-6-13-7-5-12/h1-3,8H,4-7H2. The van der Waals surface area contributed by atoms with Gasteiger partial charge in [-0.3, -0.25) is 0 Å². The van der Waals surface area contributed by atoms with Crippen LogP contribution in [0.1, 0.15) is 0 Å². The Balaban J connectivity index is 2.14. The van der Waals surface area contributed by atoms with Crippen molar-refractivity contribution in [3.8, 4) is 0 Å². The Hall–Kier alpha value is -1.09. The first-order valence-corrected chi connectivity index (χ1v) is 4.44. The first-order valence-electron chi connectivity index (χ1n) is 4.44. The molecule has 0 atom stereocenters. The molecule has 1 aliphatic rings. The fourth-order valence-electron chi connectivity index (χ4n) is 1.49. The highest BCUT2D eigenvalue weighted by Gasteiger charge is 2.10. The Morgan fingerprint density at radius 1 is 1.23 bits per heavy atom. The van der Waals surface area contributed by atoms with E-state index in [1.54, 1.807) is 12.1 Å². The molecule has 1 saturated heterocycles. The maximum Gasteiger partial charge on any atom is 0.125 e. The van der Waals surface area contributed by atoms with Crippen LogP contribution in [0.3, 0.4) is 0 Å². The van der Waals surface area contributed by atoms with Crippen molar-refractivity contribution >= 4 is 5.69 Å². The van der Waals surface area contributed by atoms with Gasteiger partial charge in [-0.25, -0.2) is 4.39 Å². The van der Waals surface area contributed by atoms with Crippen molar-refractivity contribution in [2.24, 2.45) is 0 Å². The molecule has 0 saturated carbocycles. The van der Waals surface area contributed by atoms with E-state index in [9.17, 15) is 4.39 Å². The van der Waals surface area contributed by atoms with Crippen LogP contribution in [0.5, 0.6) is 0 Å². The highest BCUT2D eigenvalue weighted by molar-refractivity contribution is 5.46. The van der Waals surface area contributed by atoms with Gasteiger partial charge in [0.05, 0.1) is 13.2 Å². The zero-order valence-corrected chi connectivity index (χ0v) is 7.37. The highest BCUT2D eigenvalue weighted by atomic mass is 19.1. The maximum atomic E-state index is 12.9. The summed E-state index contributed by atoms with van der Waals surface area (Å²) in [6, 6.07) is 6.68. The quantitative estimate of drug-likeness (QED) is 0.653. The number of ether oxygens (including phenoxy) is 1. The number of rotatable bonds is 1. The molecule has 70 valence electrons. The summed E-state index contributed by atoms with van der Waals surface area (Å²) in [6.07, 6.45) is 0. The van der Waals surface area contributed by atoms with Gasteiger partial charge in [-0.1, -0.05) is 6.07 Å². The number of anilines is 1. The summed E-state index contributed by atoms with van der Waals surface area (Å²) in [5.41, 5.74) is 0.948. The van der Waals surface area contributed by atoms with Gasteiger partial charge in [-0.05, 0) is 18.2 Å². The lowest BCUT2D eigenvalue weighted by atomic mass is 10.2. The van der Waals surface area contributed by atoms with E-state index in [-0.39, 0.29) is 5.82 Å². The Morgan fingerprint density at radius 3 is 2.69 bits per heavy atom. The van der Waals surface area contributed by atoms with Gasteiger partial charge in [0.25, 0.3) is 0 Å². The van der Waals surface area contributed by atoms with Gasteiger partial charge < -0.3 is 9.64 Å². The Kier molecular flexibility index (Phi) is 2.45. The topological polar surface area (TPSA) is 12.5 Å². The fourth-order valence-corrected chi connectivity index (χ4v) is 1.49. The number of benzene rings is 1. The van der Waals surface area contributed by atoms with E-state index in [1.807, 2.05) is 6.07 Å². The van der Waals surface area contributed by atoms with Gasteiger partial charge in [-0.2, -0.15) is 0 Å². The van der Waals surface area contributed by atoms with E-state index in [0.29, 0.717) is 0 Å². The molecule has 3 heteroatoms. The summed E-state index contributed by atoms with van der Waals surface area (Å²) in [5, 5.41) is 0. The minimum atomic E-state index is -0.177. The van der Waals surface area contributed by atoms with Gasteiger partial charge in [0.2, 0.25) is 0 Å². The van der Waals surface area contributed by atoms with E-state index in [4.69, 9.17) is 4.74 Å². The molecule has 1 aromatic carbocycles. The lowest BCUT2D eigenvalue weighted by Gasteiger charge is -2.28. The third-order valence-corrected chi connectivity index (χ3v) is 2.18. The van der Waals surface area contributed by atoms with E-state index in [0.717, 1.165) is 32.0 Å². The maximum absolute atomic E-state index is 12.9. The van der Waals surface area contributed by atoms with Crippen molar-refractivity contribution in [2.45, 2.75) is 0 Å². The third-order valence-electron chi connectivity index (χ3n) is 2.18. The van der Waals surface area contributed by atoms with Crippen molar-refractivity contribution in [1.29, 1.82) is 0 Å². The summed E-state index contributed by atoms with van der Waals surface area (Å²) in [4.78, 5) is 2.13. The van der Waals surface area contributed by atoms with E-state index >= 15 is 0 Å². The molecule has 1 aromatic rings. The molecule has 0 radical (unpaired) electrons. The van der Waals surface area contributed by atoms with E-state index < -0.39 is 0 Å². The molecular formula is C10H12FNO. The lowest BCUT2D eigenvalue weighted by Crippen LogP contribution is -2.36. The average molecular weight is 181 g/mol. The molecule has 0 aliphatic carbocycles. The van der Waals surface area contributed by atoms with Gasteiger partial charge in [0.15, 0.2) is 0 Å². The minimum Gasteiger partial charge on any atom is -0.378 e. The Labute approximate surface area is 76.9 Å². The molecule has 2 rings (SSSR count).